The van der Waals surface area contributed by atoms with Gasteiger partial charge < -0.3 is 14.2 Å². The summed E-state index contributed by atoms with van der Waals surface area (Å²) in [6.07, 6.45) is 5.54. The number of aromatic amines is 1. The van der Waals surface area contributed by atoms with Crippen molar-refractivity contribution in [2.24, 2.45) is 0 Å². The second kappa shape index (κ2) is 7.63. The van der Waals surface area contributed by atoms with Gasteiger partial charge in [0.1, 0.15) is 6.26 Å². The zero-order valence-corrected chi connectivity index (χ0v) is 15.5. The molecule has 1 aliphatic rings. The minimum absolute atomic E-state index is 0.135. The molecule has 1 N–H and O–H groups in total. The van der Waals surface area contributed by atoms with Crippen LogP contribution in [0.3, 0.4) is 0 Å². The number of fused-ring (bicyclic) bond motifs is 1. The number of oxazole rings is 1. The number of H-pyrrole nitrogens is 1. The summed E-state index contributed by atoms with van der Waals surface area (Å²) in [7, 11) is 1.76. The molecule has 3 aromatic rings. The van der Waals surface area contributed by atoms with E-state index < -0.39 is 0 Å². The Hall–Kier alpha value is -3.49. The van der Waals surface area contributed by atoms with E-state index in [1.165, 1.54) is 12.7 Å². The molecule has 4 rings (SSSR count). The molecule has 0 spiro atoms. The van der Waals surface area contributed by atoms with Crippen molar-refractivity contribution in [3.8, 4) is 0 Å². The molecule has 0 atom stereocenters. The molecule has 3 aromatic heterocycles. The number of aromatic nitrogens is 4. The number of rotatable bonds is 5. The van der Waals surface area contributed by atoms with Crippen molar-refractivity contribution in [3.05, 3.63) is 65.4 Å². The second-order valence-corrected chi connectivity index (χ2v) is 6.68. The van der Waals surface area contributed by atoms with Gasteiger partial charge in [0, 0.05) is 44.0 Å². The van der Waals surface area contributed by atoms with Crippen molar-refractivity contribution in [1.82, 2.24) is 30.0 Å². The predicted octanol–water partition coefficient (Wildman–Crippen LogP) is 1.31. The Morgan fingerprint density at radius 1 is 1.32 bits per heavy atom. The van der Waals surface area contributed by atoms with Crippen molar-refractivity contribution in [2.45, 2.75) is 19.4 Å². The van der Waals surface area contributed by atoms with Crippen LogP contribution in [0, 0.1) is 0 Å². The summed E-state index contributed by atoms with van der Waals surface area (Å²) in [4.78, 5) is 36.7. The largest absolute Gasteiger partial charge is 0.451 e. The molecule has 0 aromatic carbocycles. The fourth-order valence-electron chi connectivity index (χ4n) is 3.26. The smallest absolute Gasteiger partial charge is 0.276 e. The highest BCUT2D eigenvalue weighted by Crippen LogP contribution is 2.22. The Bertz CT molecular complexity index is 967. The molecule has 0 aliphatic carbocycles. The Morgan fingerprint density at radius 2 is 2.21 bits per heavy atom. The highest BCUT2D eigenvalue weighted by molar-refractivity contribution is 5.94. The van der Waals surface area contributed by atoms with Crippen LogP contribution in [0.1, 0.15) is 37.9 Å². The summed E-state index contributed by atoms with van der Waals surface area (Å²) in [5.41, 5.74) is 3.29. The van der Waals surface area contributed by atoms with Crippen molar-refractivity contribution in [3.63, 3.8) is 0 Å². The van der Waals surface area contributed by atoms with E-state index in [-0.39, 0.29) is 17.5 Å². The quantitative estimate of drug-likeness (QED) is 0.715. The van der Waals surface area contributed by atoms with Crippen molar-refractivity contribution in [2.75, 3.05) is 20.1 Å². The molecule has 2 amide bonds. The fourth-order valence-corrected chi connectivity index (χ4v) is 3.26. The van der Waals surface area contributed by atoms with Crippen LogP contribution < -0.4 is 0 Å². The van der Waals surface area contributed by atoms with Crippen LogP contribution in [-0.4, -0.2) is 61.9 Å². The van der Waals surface area contributed by atoms with Gasteiger partial charge in [-0.25, -0.2) is 4.98 Å². The number of amides is 2. The van der Waals surface area contributed by atoms with Gasteiger partial charge in [0.2, 0.25) is 0 Å². The number of nitrogens with one attached hydrogen (secondary N) is 1. The molecule has 1 aliphatic heterocycles. The first-order valence-electron chi connectivity index (χ1n) is 9.02. The van der Waals surface area contributed by atoms with Crippen LogP contribution in [0.15, 0.2) is 41.5 Å². The van der Waals surface area contributed by atoms with Gasteiger partial charge >= 0.3 is 0 Å². The summed E-state index contributed by atoms with van der Waals surface area (Å²) in [5, 5.41) is 7.14. The van der Waals surface area contributed by atoms with Crippen LogP contribution in [0.4, 0.5) is 0 Å². The van der Waals surface area contributed by atoms with Gasteiger partial charge in [-0.1, -0.05) is 6.07 Å². The maximum atomic E-state index is 12.8. The zero-order chi connectivity index (χ0) is 19.5. The molecule has 9 heteroatoms. The van der Waals surface area contributed by atoms with Gasteiger partial charge in [0.15, 0.2) is 17.8 Å². The fraction of sp³-hybridized carbons (Fsp3) is 0.316. The van der Waals surface area contributed by atoms with E-state index in [0.29, 0.717) is 38.2 Å². The van der Waals surface area contributed by atoms with Crippen LogP contribution in [-0.2, 0) is 19.4 Å². The average molecular weight is 380 g/mol. The third-order valence-electron chi connectivity index (χ3n) is 4.85. The third-order valence-corrected chi connectivity index (χ3v) is 4.85. The Balaban J connectivity index is 1.42. The molecule has 0 fully saturated rings. The zero-order valence-electron chi connectivity index (χ0n) is 15.5. The summed E-state index contributed by atoms with van der Waals surface area (Å²) < 4.78 is 4.88. The van der Waals surface area contributed by atoms with Gasteiger partial charge in [-0.2, -0.15) is 5.10 Å². The number of pyridine rings is 1. The molecular weight excluding hydrogens is 360 g/mol. The molecular formula is C19H20N6O3. The maximum absolute atomic E-state index is 12.8. The lowest BCUT2D eigenvalue weighted by molar-refractivity contribution is 0.0726. The summed E-state index contributed by atoms with van der Waals surface area (Å²) in [5.74, 6) is -0.334. The van der Waals surface area contributed by atoms with E-state index in [9.17, 15) is 9.59 Å². The molecule has 0 bridgehead atoms. The molecule has 0 unspecified atom stereocenters. The van der Waals surface area contributed by atoms with Crippen molar-refractivity contribution < 1.29 is 14.0 Å². The summed E-state index contributed by atoms with van der Waals surface area (Å²) in [6.45, 7) is 1.41. The standard InChI is InChI=1S/C19H20N6O3/c1-24(8-5-13-4-2-3-7-20-13)19(27)17-14-6-9-25(10-15(14)22-23-17)18(26)16-11-28-12-21-16/h2-4,7,11-12H,5-6,8-10H2,1H3,(H,22,23). The van der Waals surface area contributed by atoms with E-state index in [2.05, 4.69) is 20.2 Å². The molecule has 28 heavy (non-hydrogen) atoms. The third kappa shape index (κ3) is 3.51. The van der Waals surface area contributed by atoms with E-state index in [1.54, 1.807) is 23.0 Å². The van der Waals surface area contributed by atoms with Crippen LogP contribution >= 0.6 is 0 Å². The minimum atomic E-state index is -0.200. The predicted molar refractivity (Wildman–Crippen MR) is 98.4 cm³/mol. The van der Waals surface area contributed by atoms with Crippen LogP contribution in [0.2, 0.25) is 0 Å². The van der Waals surface area contributed by atoms with Gasteiger partial charge in [0.05, 0.1) is 12.2 Å². The molecule has 0 saturated heterocycles. The molecule has 0 radical (unpaired) electrons. The first-order chi connectivity index (χ1) is 13.6. The van der Waals surface area contributed by atoms with E-state index in [1.807, 2.05) is 18.2 Å². The van der Waals surface area contributed by atoms with Crippen molar-refractivity contribution in [1.29, 1.82) is 0 Å². The normalized spacial score (nSPS) is 13.2. The Morgan fingerprint density at radius 3 is 2.96 bits per heavy atom. The number of hydrogen-bond acceptors (Lipinski definition) is 6. The lowest BCUT2D eigenvalue weighted by Gasteiger charge is -2.26. The van der Waals surface area contributed by atoms with E-state index in [0.717, 1.165) is 17.0 Å². The number of likely N-dealkylation sites (N-methyl/N-ethyl adjacent to an activating group) is 1. The topological polar surface area (TPSA) is 108 Å². The van der Waals surface area contributed by atoms with Crippen LogP contribution in [0.5, 0.6) is 0 Å². The Kier molecular flexibility index (Phi) is 4.88. The lowest BCUT2D eigenvalue weighted by Crippen LogP contribution is -2.37. The van der Waals surface area contributed by atoms with Gasteiger partial charge in [0.25, 0.3) is 11.8 Å². The second-order valence-electron chi connectivity index (χ2n) is 6.68. The number of carbonyl (C=O) groups is 2. The highest BCUT2D eigenvalue weighted by atomic mass is 16.3. The molecule has 0 saturated carbocycles. The lowest BCUT2D eigenvalue weighted by atomic mass is 10.0. The van der Waals surface area contributed by atoms with Gasteiger partial charge in [-0.05, 0) is 18.6 Å². The number of carbonyl (C=O) groups excluding carboxylic acids is 2. The highest BCUT2D eigenvalue weighted by Gasteiger charge is 2.29. The Labute approximate surface area is 161 Å². The SMILES string of the molecule is CN(CCc1ccccn1)C(=O)c1n[nH]c2c1CCN(C(=O)c1cocn1)C2. The first kappa shape index (κ1) is 17.9. The monoisotopic (exact) mass is 380 g/mol. The molecule has 4 heterocycles. The summed E-state index contributed by atoms with van der Waals surface area (Å²) in [6, 6.07) is 5.74. The number of hydrogen-bond donors (Lipinski definition) is 1. The minimum Gasteiger partial charge on any atom is -0.451 e. The van der Waals surface area contributed by atoms with Crippen molar-refractivity contribution >= 4 is 11.8 Å². The molecule has 9 nitrogen and oxygen atoms in total. The van der Waals surface area contributed by atoms with Gasteiger partial charge in [-0.3, -0.25) is 19.7 Å². The van der Waals surface area contributed by atoms with Crippen LogP contribution in [0.25, 0.3) is 0 Å². The van der Waals surface area contributed by atoms with E-state index in [4.69, 9.17) is 4.42 Å². The maximum Gasteiger partial charge on any atom is 0.276 e. The average Bonchev–Trinajstić information content (AvgIpc) is 3.41. The summed E-state index contributed by atoms with van der Waals surface area (Å²) >= 11 is 0. The van der Waals surface area contributed by atoms with E-state index >= 15 is 0 Å². The van der Waals surface area contributed by atoms with Gasteiger partial charge in [-0.15, -0.1) is 0 Å². The number of nitrogens with zero attached hydrogens (tertiary/aromatic N) is 5. The first-order valence-corrected chi connectivity index (χ1v) is 9.02. The molecule has 144 valence electrons.